The zero-order chi connectivity index (χ0) is 16.3. The summed E-state index contributed by atoms with van der Waals surface area (Å²) in [6, 6.07) is 5.72. The Balaban J connectivity index is 2.26. The fourth-order valence-corrected chi connectivity index (χ4v) is 3.23. The van der Waals surface area contributed by atoms with Crippen LogP contribution in [0, 0.1) is 12.8 Å². The molecule has 5 heteroatoms. The zero-order valence-corrected chi connectivity index (χ0v) is 13.8. The highest BCUT2D eigenvalue weighted by molar-refractivity contribution is 7.20. The van der Waals surface area contributed by atoms with E-state index in [4.69, 9.17) is 9.84 Å². The molecule has 1 atom stereocenters. The summed E-state index contributed by atoms with van der Waals surface area (Å²) < 4.78 is 6.51. The molecular formula is C17H20O4S. The first kappa shape index (κ1) is 16.6. The minimum Gasteiger partial charge on any atom is -0.491 e. The van der Waals surface area contributed by atoms with Crippen LogP contribution in [0.2, 0.25) is 0 Å². The third-order valence-electron chi connectivity index (χ3n) is 3.62. The van der Waals surface area contributed by atoms with Gasteiger partial charge in [-0.2, -0.15) is 0 Å². The van der Waals surface area contributed by atoms with E-state index in [1.165, 1.54) is 18.3 Å². The van der Waals surface area contributed by atoms with Crippen LogP contribution in [0.1, 0.15) is 35.5 Å². The number of aliphatic hydroxyl groups is 1. The molecule has 1 unspecified atom stereocenters. The lowest BCUT2D eigenvalue weighted by Gasteiger charge is -2.07. The predicted molar refractivity (Wildman–Crippen MR) is 87.9 cm³/mol. The molecule has 4 nitrogen and oxygen atoms in total. The Labute approximate surface area is 133 Å². The van der Waals surface area contributed by atoms with Crippen LogP contribution in [0.5, 0.6) is 5.75 Å². The van der Waals surface area contributed by atoms with Gasteiger partial charge in [-0.05, 0) is 43.0 Å². The molecule has 0 aliphatic rings. The molecule has 0 fully saturated rings. The largest absolute Gasteiger partial charge is 0.491 e. The molecule has 0 amide bonds. The Kier molecular flexibility index (Phi) is 5.32. The Morgan fingerprint density at radius 2 is 2.05 bits per heavy atom. The minimum atomic E-state index is -0.247. The highest BCUT2D eigenvalue weighted by atomic mass is 32.1. The lowest BCUT2D eigenvalue weighted by molar-refractivity contribution is -0.120. The molecule has 0 radical (unpaired) electrons. The van der Waals surface area contributed by atoms with E-state index in [9.17, 15) is 9.59 Å². The van der Waals surface area contributed by atoms with Crippen molar-refractivity contribution in [3.63, 3.8) is 0 Å². The molecule has 0 saturated heterocycles. The van der Waals surface area contributed by atoms with Gasteiger partial charge in [-0.1, -0.05) is 6.92 Å². The van der Waals surface area contributed by atoms with Gasteiger partial charge in [0.15, 0.2) is 5.78 Å². The number of aliphatic hydroxyl groups excluding tert-OH is 1. The second-order valence-electron chi connectivity index (χ2n) is 5.48. The number of hydrogen-bond acceptors (Lipinski definition) is 5. The number of ether oxygens (including phenoxy) is 1. The van der Waals surface area contributed by atoms with Crippen LogP contribution in [0.15, 0.2) is 18.2 Å². The van der Waals surface area contributed by atoms with Crippen LogP contribution in [0.3, 0.4) is 0 Å². The Bertz CT molecular complexity index is 702. The van der Waals surface area contributed by atoms with E-state index in [-0.39, 0.29) is 37.1 Å². The van der Waals surface area contributed by atoms with Gasteiger partial charge in [-0.15, -0.1) is 11.3 Å². The van der Waals surface area contributed by atoms with Crippen molar-refractivity contribution in [2.75, 3.05) is 13.2 Å². The normalized spacial score (nSPS) is 12.4. The quantitative estimate of drug-likeness (QED) is 0.794. The highest BCUT2D eigenvalue weighted by Gasteiger charge is 2.17. The summed E-state index contributed by atoms with van der Waals surface area (Å²) in [7, 11) is 0. The molecule has 1 aromatic carbocycles. The summed E-state index contributed by atoms with van der Waals surface area (Å²) >= 11 is 1.44. The molecule has 0 spiro atoms. The number of rotatable bonds is 7. The van der Waals surface area contributed by atoms with E-state index in [1.807, 2.05) is 25.1 Å². The van der Waals surface area contributed by atoms with Crippen LogP contribution in [-0.4, -0.2) is 29.9 Å². The number of fused-ring (bicyclic) bond motifs is 1. The molecule has 2 aromatic rings. The van der Waals surface area contributed by atoms with Crippen molar-refractivity contribution >= 4 is 33.0 Å². The minimum absolute atomic E-state index is 0.000574. The summed E-state index contributed by atoms with van der Waals surface area (Å²) in [5, 5.41) is 9.79. The fraction of sp³-hybridized carbons (Fsp3) is 0.412. The Morgan fingerprint density at radius 3 is 2.68 bits per heavy atom. The standard InChI is InChI=1S/C17H20O4S/c1-10(12(3)19)6-14(20)17-9-13-8-15(21-5-4-18)11(2)7-16(13)22-17/h7-10,18H,4-6H2,1-3H3. The van der Waals surface area contributed by atoms with Crippen molar-refractivity contribution in [1.29, 1.82) is 0 Å². The van der Waals surface area contributed by atoms with E-state index in [1.54, 1.807) is 6.92 Å². The molecule has 0 aliphatic carbocycles. The van der Waals surface area contributed by atoms with Gasteiger partial charge in [0.05, 0.1) is 11.5 Å². The second kappa shape index (κ2) is 7.03. The summed E-state index contributed by atoms with van der Waals surface area (Å²) in [5.41, 5.74) is 0.971. The molecular weight excluding hydrogens is 300 g/mol. The number of Topliss-reactive ketones (excluding diaryl/α,β-unsaturated/α-hetero) is 2. The number of carbonyl (C=O) groups is 2. The monoisotopic (exact) mass is 320 g/mol. The number of carbonyl (C=O) groups excluding carboxylic acids is 2. The zero-order valence-electron chi connectivity index (χ0n) is 13.0. The van der Waals surface area contributed by atoms with Crippen LogP contribution in [0.25, 0.3) is 10.1 Å². The number of aryl methyl sites for hydroxylation is 1. The lowest BCUT2D eigenvalue weighted by Crippen LogP contribution is -2.11. The van der Waals surface area contributed by atoms with Gasteiger partial charge in [0.1, 0.15) is 18.1 Å². The number of benzene rings is 1. The summed E-state index contributed by atoms with van der Waals surface area (Å²) in [6.45, 7) is 5.44. The van der Waals surface area contributed by atoms with Crippen molar-refractivity contribution in [2.45, 2.75) is 27.2 Å². The van der Waals surface area contributed by atoms with E-state index in [0.717, 1.165) is 21.4 Å². The summed E-state index contributed by atoms with van der Waals surface area (Å²) in [4.78, 5) is 24.2. The Morgan fingerprint density at radius 1 is 1.32 bits per heavy atom. The lowest BCUT2D eigenvalue weighted by atomic mass is 10.00. The van der Waals surface area contributed by atoms with Crippen LogP contribution < -0.4 is 4.74 Å². The van der Waals surface area contributed by atoms with E-state index >= 15 is 0 Å². The van der Waals surface area contributed by atoms with Crippen molar-refractivity contribution in [2.24, 2.45) is 5.92 Å². The molecule has 0 aliphatic heterocycles. The maximum Gasteiger partial charge on any atom is 0.173 e. The summed E-state index contributed by atoms with van der Waals surface area (Å²) in [6.07, 6.45) is 0.245. The molecule has 1 heterocycles. The highest BCUT2D eigenvalue weighted by Crippen LogP contribution is 2.32. The third-order valence-corrected chi connectivity index (χ3v) is 4.76. The SMILES string of the molecule is CC(=O)C(C)CC(=O)c1cc2cc(OCCO)c(C)cc2s1. The van der Waals surface area contributed by atoms with Crippen molar-refractivity contribution in [3.05, 3.63) is 28.6 Å². The smallest absolute Gasteiger partial charge is 0.173 e. The maximum absolute atomic E-state index is 12.3. The van der Waals surface area contributed by atoms with Gasteiger partial charge in [-0.25, -0.2) is 0 Å². The molecule has 2 rings (SSSR count). The van der Waals surface area contributed by atoms with Crippen molar-refractivity contribution in [3.8, 4) is 5.75 Å². The summed E-state index contributed by atoms with van der Waals surface area (Å²) in [5.74, 6) is 0.503. The van der Waals surface area contributed by atoms with Gasteiger partial charge in [-0.3, -0.25) is 9.59 Å². The first-order valence-electron chi connectivity index (χ1n) is 7.24. The average molecular weight is 320 g/mol. The molecule has 118 valence electrons. The van der Waals surface area contributed by atoms with Gasteiger partial charge in [0.2, 0.25) is 0 Å². The molecule has 1 aromatic heterocycles. The van der Waals surface area contributed by atoms with Crippen LogP contribution in [0.4, 0.5) is 0 Å². The second-order valence-corrected chi connectivity index (χ2v) is 6.56. The maximum atomic E-state index is 12.3. The van der Waals surface area contributed by atoms with Gasteiger partial charge in [0.25, 0.3) is 0 Å². The van der Waals surface area contributed by atoms with E-state index in [2.05, 4.69) is 0 Å². The van der Waals surface area contributed by atoms with E-state index in [0.29, 0.717) is 4.88 Å². The first-order chi connectivity index (χ1) is 10.4. The molecule has 0 bridgehead atoms. The Hall–Kier alpha value is -1.72. The molecule has 1 N–H and O–H groups in total. The van der Waals surface area contributed by atoms with E-state index < -0.39 is 0 Å². The number of hydrogen-bond donors (Lipinski definition) is 1. The first-order valence-corrected chi connectivity index (χ1v) is 8.05. The van der Waals surface area contributed by atoms with Crippen LogP contribution >= 0.6 is 11.3 Å². The van der Waals surface area contributed by atoms with Gasteiger partial charge in [0, 0.05) is 17.0 Å². The number of ketones is 2. The fourth-order valence-electron chi connectivity index (χ4n) is 2.14. The topological polar surface area (TPSA) is 63.6 Å². The predicted octanol–water partition coefficient (Wildman–Crippen LogP) is 3.38. The molecule has 22 heavy (non-hydrogen) atoms. The van der Waals surface area contributed by atoms with Crippen molar-refractivity contribution < 1.29 is 19.4 Å². The van der Waals surface area contributed by atoms with Crippen LogP contribution in [-0.2, 0) is 4.79 Å². The van der Waals surface area contributed by atoms with Crippen molar-refractivity contribution in [1.82, 2.24) is 0 Å². The van der Waals surface area contributed by atoms with Gasteiger partial charge >= 0.3 is 0 Å². The van der Waals surface area contributed by atoms with Gasteiger partial charge < -0.3 is 9.84 Å². The molecule has 0 saturated carbocycles. The number of thiophene rings is 1. The average Bonchev–Trinajstić information content (AvgIpc) is 2.87. The third kappa shape index (κ3) is 3.72.